The number of carbonyl (C=O) groups is 1. The van der Waals surface area contributed by atoms with Crippen molar-refractivity contribution in [2.45, 2.75) is 19.2 Å². The normalized spacial score (nSPS) is 22.0. The van der Waals surface area contributed by atoms with Crippen molar-refractivity contribution in [2.24, 2.45) is 11.8 Å². The Morgan fingerprint density at radius 2 is 1.68 bits per heavy atom. The molecule has 1 aromatic rings. The number of aryl methyl sites for hydroxylation is 1. The quantitative estimate of drug-likeness (QED) is 0.844. The zero-order valence-electron chi connectivity index (χ0n) is 13.4. The summed E-state index contributed by atoms with van der Waals surface area (Å²) >= 11 is 0. The predicted octanol–water partition coefficient (Wildman–Crippen LogP) is 3.04. The number of likely N-dealkylation sites (tertiary alicyclic amines) is 1. The molecule has 0 aromatic heterocycles. The van der Waals surface area contributed by atoms with Crippen LogP contribution in [0.3, 0.4) is 0 Å². The van der Waals surface area contributed by atoms with Gasteiger partial charge in [0.2, 0.25) is 5.91 Å². The van der Waals surface area contributed by atoms with Gasteiger partial charge in [-0.1, -0.05) is 12.1 Å². The minimum absolute atomic E-state index is 0. The minimum Gasteiger partial charge on any atom is -0.406 e. The molecule has 2 aliphatic rings. The van der Waals surface area contributed by atoms with Crippen LogP contribution in [0.2, 0.25) is 0 Å². The predicted molar refractivity (Wildman–Crippen MR) is 92.4 cm³/mol. The lowest BCUT2D eigenvalue weighted by Crippen LogP contribution is -2.31. The Labute approximate surface area is 156 Å². The highest BCUT2D eigenvalue weighted by molar-refractivity contribution is 5.85. The summed E-state index contributed by atoms with van der Waals surface area (Å²) in [5, 5.41) is 3.33. The standard InChI is InChI=1S/C16H19F3N2O2.2ClH/c17-16(18,19)23-14-4-1-11(2-5-14)3-6-15(22)21-9-12-7-20-8-13(12)10-21;;/h1-2,4-5,12-13,20H,3,6-10H2;2*1H/t12-,13-;;/m0../s1. The fraction of sp³-hybridized carbons (Fsp3) is 0.562. The van der Waals surface area contributed by atoms with Crippen molar-refractivity contribution < 1.29 is 22.7 Å². The number of alkyl halides is 3. The summed E-state index contributed by atoms with van der Waals surface area (Å²) in [5.74, 6) is 1.01. The zero-order chi connectivity index (χ0) is 16.4. The van der Waals surface area contributed by atoms with Crippen LogP contribution >= 0.6 is 24.8 Å². The molecule has 4 nitrogen and oxygen atoms in total. The lowest BCUT2D eigenvalue weighted by atomic mass is 10.0. The molecule has 1 aromatic carbocycles. The summed E-state index contributed by atoms with van der Waals surface area (Å²) < 4.78 is 40.1. The number of hydrogen-bond acceptors (Lipinski definition) is 3. The molecule has 2 heterocycles. The third-order valence-corrected chi connectivity index (χ3v) is 4.53. The maximum Gasteiger partial charge on any atom is 0.573 e. The molecule has 0 spiro atoms. The molecule has 3 rings (SSSR count). The Morgan fingerprint density at radius 3 is 2.20 bits per heavy atom. The largest absolute Gasteiger partial charge is 0.573 e. The van der Waals surface area contributed by atoms with Crippen LogP contribution in [0.1, 0.15) is 12.0 Å². The number of benzene rings is 1. The van der Waals surface area contributed by atoms with Crippen LogP contribution in [-0.4, -0.2) is 43.3 Å². The molecule has 1 amide bonds. The van der Waals surface area contributed by atoms with Crippen LogP contribution in [0.4, 0.5) is 13.2 Å². The van der Waals surface area contributed by atoms with Crippen molar-refractivity contribution in [1.29, 1.82) is 0 Å². The second-order valence-electron chi connectivity index (χ2n) is 6.17. The van der Waals surface area contributed by atoms with Crippen LogP contribution < -0.4 is 10.1 Å². The molecule has 2 saturated heterocycles. The van der Waals surface area contributed by atoms with Gasteiger partial charge in [0.15, 0.2) is 0 Å². The highest BCUT2D eigenvalue weighted by Crippen LogP contribution is 2.27. The van der Waals surface area contributed by atoms with E-state index < -0.39 is 6.36 Å². The van der Waals surface area contributed by atoms with Crippen molar-refractivity contribution in [3.05, 3.63) is 29.8 Å². The molecular weight excluding hydrogens is 380 g/mol. The van der Waals surface area contributed by atoms with Gasteiger partial charge in [-0.3, -0.25) is 4.79 Å². The first-order valence-corrected chi connectivity index (χ1v) is 7.74. The van der Waals surface area contributed by atoms with E-state index in [0.29, 0.717) is 24.7 Å². The molecule has 1 N–H and O–H groups in total. The number of ether oxygens (including phenoxy) is 1. The number of halogens is 5. The summed E-state index contributed by atoms with van der Waals surface area (Å²) in [6.45, 7) is 3.59. The van der Waals surface area contributed by atoms with Crippen molar-refractivity contribution in [1.82, 2.24) is 10.2 Å². The van der Waals surface area contributed by atoms with Gasteiger partial charge in [-0.2, -0.15) is 0 Å². The number of nitrogens with zero attached hydrogens (tertiary/aromatic N) is 1. The highest BCUT2D eigenvalue weighted by Gasteiger charge is 2.37. The number of amides is 1. The first kappa shape index (κ1) is 21.9. The zero-order valence-corrected chi connectivity index (χ0v) is 15.1. The summed E-state index contributed by atoms with van der Waals surface area (Å²) in [6.07, 6.45) is -3.78. The number of fused-ring (bicyclic) bond motifs is 1. The molecule has 0 unspecified atom stereocenters. The third-order valence-electron chi connectivity index (χ3n) is 4.53. The van der Waals surface area contributed by atoms with Crippen LogP contribution in [-0.2, 0) is 11.2 Å². The topological polar surface area (TPSA) is 41.6 Å². The number of carbonyl (C=O) groups excluding carboxylic acids is 1. The second-order valence-corrected chi connectivity index (χ2v) is 6.17. The molecule has 2 fully saturated rings. The number of hydrogen-bond donors (Lipinski definition) is 1. The molecule has 2 atom stereocenters. The van der Waals surface area contributed by atoms with E-state index in [2.05, 4.69) is 10.1 Å². The molecule has 0 bridgehead atoms. The lowest BCUT2D eigenvalue weighted by Gasteiger charge is -2.17. The fourth-order valence-corrected chi connectivity index (χ4v) is 3.33. The van der Waals surface area contributed by atoms with E-state index in [1.807, 2.05) is 4.90 Å². The van der Waals surface area contributed by atoms with Crippen LogP contribution in [0.5, 0.6) is 5.75 Å². The van der Waals surface area contributed by atoms with E-state index in [-0.39, 0.29) is 36.5 Å². The molecule has 25 heavy (non-hydrogen) atoms. The van der Waals surface area contributed by atoms with Crippen molar-refractivity contribution in [3.8, 4) is 5.75 Å². The van der Waals surface area contributed by atoms with E-state index in [9.17, 15) is 18.0 Å². The summed E-state index contributed by atoms with van der Waals surface area (Å²) in [4.78, 5) is 14.2. The van der Waals surface area contributed by atoms with Gasteiger partial charge < -0.3 is 15.0 Å². The van der Waals surface area contributed by atoms with Gasteiger partial charge in [0.25, 0.3) is 0 Å². The fourth-order valence-electron chi connectivity index (χ4n) is 3.33. The Balaban J connectivity index is 0.00000156. The third kappa shape index (κ3) is 5.94. The first-order chi connectivity index (χ1) is 10.9. The van der Waals surface area contributed by atoms with Crippen LogP contribution in [0, 0.1) is 11.8 Å². The lowest BCUT2D eigenvalue weighted by molar-refractivity contribution is -0.274. The van der Waals surface area contributed by atoms with E-state index in [1.54, 1.807) is 12.1 Å². The maximum atomic E-state index is 12.2. The average Bonchev–Trinajstić information content (AvgIpc) is 3.05. The summed E-state index contributed by atoms with van der Waals surface area (Å²) in [6, 6.07) is 5.69. The minimum atomic E-state index is -4.68. The summed E-state index contributed by atoms with van der Waals surface area (Å²) in [5.41, 5.74) is 0.828. The molecule has 9 heteroatoms. The Morgan fingerprint density at radius 1 is 1.12 bits per heavy atom. The SMILES string of the molecule is Cl.Cl.O=C(CCc1ccc(OC(F)(F)F)cc1)N1C[C@@H]2CNC[C@H]2C1. The molecule has 0 aliphatic carbocycles. The smallest absolute Gasteiger partial charge is 0.406 e. The highest BCUT2D eigenvalue weighted by atomic mass is 35.5. The first-order valence-electron chi connectivity index (χ1n) is 7.74. The van der Waals surface area contributed by atoms with Gasteiger partial charge >= 0.3 is 6.36 Å². The molecule has 0 saturated carbocycles. The van der Waals surface area contributed by atoms with Gasteiger partial charge in [0.05, 0.1) is 0 Å². The van der Waals surface area contributed by atoms with E-state index >= 15 is 0 Å². The average molecular weight is 401 g/mol. The van der Waals surface area contributed by atoms with Crippen molar-refractivity contribution in [2.75, 3.05) is 26.2 Å². The van der Waals surface area contributed by atoms with Crippen molar-refractivity contribution >= 4 is 30.7 Å². The Kier molecular flexibility index (Phi) is 7.84. The molecular formula is C16H21Cl2F3N2O2. The Hall–Kier alpha value is -1.18. The molecule has 0 radical (unpaired) electrons. The van der Waals surface area contributed by atoms with Gasteiger partial charge in [-0.05, 0) is 36.0 Å². The maximum absolute atomic E-state index is 12.2. The van der Waals surface area contributed by atoms with Crippen LogP contribution in [0.25, 0.3) is 0 Å². The summed E-state index contributed by atoms with van der Waals surface area (Å²) in [7, 11) is 0. The Bertz CT molecular complexity index is 557. The van der Waals surface area contributed by atoms with Crippen LogP contribution in [0.15, 0.2) is 24.3 Å². The number of rotatable bonds is 4. The van der Waals surface area contributed by atoms with E-state index in [0.717, 1.165) is 31.7 Å². The van der Waals surface area contributed by atoms with E-state index in [4.69, 9.17) is 0 Å². The van der Waals surface area contributed by atoms with Gasteiger partial charge in [-0.25, -0.2) is 0 Å². The molecule has 2 aliphatic heterocycles. The molecule has 142 valence electrons. The number of nitrogens with one attached hydrogen (secondary N) is 1. The van der Waals surface area contributed by atoms with Gasteiger partial charge in [0, 0.05) is 32.6 Å². The van der Waals surface area contributed by atoms with Gasteiger partial charge in [-0.15, -0.1) is 38.0 Å². The monoisotopic (exact) mass is 400 g/mol. The second kappa shape index (κ2) is 8.96. The van der Waals surface area contributed by atoms with Crippen molar-refractivity contribution in [3.63, 3.8) is 0 Å². The van der Waals surface area contributed by atoms with Gasteiger partial charge in [0.1, 0.15) is 5.75 Å². The van der Waals surface area contributed by atoms with E-state index in [1.165, 1.54) is 12.1 Å².